The first kappa shape index (κ1) is 20.4. The van der Waals surface area contributed by atoms with Crippen molar-refractivity contribution >= 4 is 34.4 Å². The zero-order valence-corrected chi connectivity index (χ0v) is 15.1. The average molecular weight is 400 g/mol. The molecule has 0 unspecified atom stereocenters. The van der Waals surface area contributed by atoms with Gasteiger partial charge in [-0.2, -0.15) is 13.2 Å². The molecule has 10 heteroatoms. The van der Waals surface area contributed by atoms with Gasteiger partial charge in [0.1, 0.15) is 10.6 Å². The van der Waals surface area contributed by atoms with Gasteiger partial charge in [0.25, 0.3) is 0 Å². The van der Waals surface area contributed by atoms with E-state index in [0.717, 1.165) is 6.08 Å². The molecule has 0 bridgehead atoms. The van der Waals surface area contributed by atoms with Crippen LogP contribution in [0.2, 0.25) is 0 Å². The molecule has 1 N–H and O–H groups in total. The molecule has 0 atom stereocenters. The number of nitrogens with zero attached hydrogens (tertiary/aromatic N) is 1. The minimum Gasteiger partial charge on any atom is -0.497 e. The molecule has 0 radical (unpaired) electrons. The summed E-state index contributed by atoms with van der Waals surface area (Å²) in [7, 11) is 1.50. The standard InChI is InChI=1S/C17H15F3N2O4S/c1-3-26-15(24)13-14(17(18,19)20)22-16(27-13)21-12(23)8-7-10-5-4-6-11(9-10)25-2/h4-9H,3H2,1-2H3,(H,21,22,23)/b8-7+. The number of alkyl halides is 3. The van der Waals surface area contributed by atoms with Gasteiger partial charge in [0.15, 0.2) is 10.8 Å². The van der Waals surface area contributed by atoms with Gasteiger partial charge in [-0.15, -0.1) is 0 Å². The van der Waals surface area contributed by atoms with Crippen LogP contribution in [-0.4, -0.2) is 30.6 Å². The fraction of sp³-hybridized carbons (Fsp3) is 0.235. The van der Waals surface area contributed by atoms with Crippen molar-refractivity contribution in [3.05, 3.63) is 46.5 Å². The number of benzene rings is 1. The molecule has 0 saturated carbocycles. The Kier molecular flexibility index (Phi) is 6.56. The molecule has 0 aliphatic rings. The Balaban J connectivity index is 2.17. The molecular formula is C17H15F3N2O4S. The van der Waals surface area contributed by atoms with Crippen molar-refractivity contribution in [1.29, 1.82) is 0 Å². The summed E-state index contributed by atoms with van der Waals surface area (Å²) in [5.74, 6) is -1.25. The van der Waals surface area contributed by atoms with Crippen LogP contribution in [0.5, 0.6) is 5.75 Å². The van der Waals surface area contributed by atoms with E-state index < -0.39 is 28.6 Å². The molecule has 0 aliphatic heterocycles. The Morgan fingerprint density at radius 3 is 2.70 bits per heavy atom. The average Bonchev–Trinajstić information content (AvgIpc) is 3.05. The van der Waals surface area contributed by atoms with Gasteiger partial charge in [0, 0.05) is 6.08 Å². The lowest BCUT2D eigenvalue weighted by Crippen LogP contribution is -2.14. The van der Waals surface area contributed by atoms with E-state index in [1.165, 1.54) is 20.1 Å². The molecule has 2 aromatic rings. The predicted octanol–water partition coefficient (Wildman–Crippen LogP) is 4.00. The number of anilines is 1. The molecular weight excluding hydrogens is 385 g/mol. The number of carbonyl (C=O) groups excluding carboxylic acids is 2. The smallest absolute Gasteiger partial charge is 0.435 e. The zero-order chi connectivity index (χ0) is 20.0. The normalized spacial score (nSPS) is 11.4. The molecule has 0 fully saturated rings. The monoisotopic (exact) mass is 400 g/mol. The number of carbonyl (C=O) groups is 2. The Labute approximate surface area is 156 Å². The summed E-state index contributed by atoms with van der Waals surface area (Å²) in [5, 5.41) is 1.86. The van der Waals surface area contributed by atoms with E-state index in [2.05, 4.69) is 15.0 Å². The van der Waals surface area contributed by atoms with E-state index in [-0.39, 0.29) is 11.7 Å². The SMILES string of the molecule is CCOC(=O)c1sc(NC(=O)/C=C/c2cccc(OC)c2)nc1C(F)(F)F. The lowest BCUT2D eigenvalue weighted by Gasteiger charge is -2.04. The second-order valence-corrected chi connectivity index (χ2v) is 6.01. The fourth-order valence-corrected chi connectivity index (χ4v) is 2.85. The molecule has 27 heavy (non-hydrogen) atoms. The van der Waals surface area contributed by atoms with Crippen LogP contribution in [0, 0.1) is 0 Å². The van der Waals surface area contributed by atoms with E-state index in [1.54, 1.807) is 24.3 Å². The third-order valence-electron chi connectivity index (χ3n) is 3.11. The van der Waals surface area contributed by atoms with E-state index in [4.69, 9.17) is 4.74 Å². The molecule has 1 aromatic heterocycles. The number of amides is 1. The minimum absolute atomic E-state index is 0.0843. The van der Waals surface area contributed by atoms with Crippen LogP contribution >= 0.6 is 11.3 Å². The quantitative estimate of drug-likeness (QED) is 0.586. The third-order valence-corrected chi connectivity index (χ3v) is 4.06. The first-order valence-electron chi connectivity index (χ1n) is 7.62. The van der Waals surface area contributed by atoms with Crippen LogP contribution in [0.3, 0.4) is 0 Å². The number of nitrogens with one attached hydrogen (secondary N) is 1. The summed E-state index contributed by atoms with van der Waals surface area (Å²) in [6.07, 6.45) is -2.26. The summed E-state index contributed by atoms with van der Waals surface area (Å²) in [4.78, 5) is 26.2. The molecule has 1 amide bonds. The van der Waals surface area contributed by atoms with Crippen molar-refractivity contribution in [3.8, 4) is 5.75 Å². The first-order valence-corrected chi connectivity index (χ1v) is 8.44. The van der Waals surface area contributed by atoms with Gasteiger partial charge in [-0.25, -0.2) is 9.78 Å². The number of aromatic nitrogens is 1. The summed E-state index contributed by atoms with van der Waals surface area (Å²) >= 11 is 0.399. The number of hydrogen-bond donors (Lipinski definition) is 1. The summed E-state index contributed by atoms with van der Waals surface area (Å²) in [6.45, 7) is 1.39. The number of ether oxygens (including phenoxy) is 2. The molecule has 0 spiro atoms. The Hall–Kier alpha value is -2.88. The zero-order valence-electron chi connectivity index (χ0n) is 14.3. The van der Waals surface area contributed by atoms with E-state index in [0.29, 0.717) is 22.6 Å². The highest BCUT2D eigenvalue weighted by Crippen LogP contribution is 2.36. The van der Waals surface area contributed by atoms with Gasteiger partial charge >= 0.3 is 12.1 Å². The number of rotatable bonds is 6. The van der Waals surface area contributed by atoms with Crippen LogP contribution in [0.4, 0.5) is 18.3 Å². The Morgan fingerprint density at radius 1 is 1.33 bits per heavy atom. The number of halogens is 3. The van der Waals surface area contributed by atoms with Crippen molar-refractivity contribution in [1.82, 2.24) is 4.98 Å². The molecule has 2 rings (SSSR count). The van der Waals surface area contributed by atoms with Crippen LogP contribution in [0.1, 0.15) is 27.9 Å². The summed E-state index contributed by atoms with van der Waals surface area (Å²) in [5.41, 5.74) is -0.732. The molecule has 1 heterocycles. The predicted molar refractivity (Wildman–Crippen MR) is 93.7 cm³/mol. The maximum Gasteiger partial charge on any atom is 0.435 e. The van der Waals surface area contributed by atoms with Gasteiger partial charge in [-0.1, -0.05) is 23.5 Å². The van der Waals surface area contributed by atoms with Crippen molar-refractivity contribution in [2.45, 2.75) is 13.1 Å². The van der Waals surface area contributed by atoms with Crippen LogP contribution in [0.25, 0.3) is 6.08 Å². The lowest BCUT2D eigenvalue weighted by atomic mass is 10.2. The topological polar surface area (TPSA) is 77.5 Å². The third kappa shape index (κ3) is 5.55. The molecule has 1 aromatic carbocycles. The number of esters is 1. The van der Waals surface area contributed by atoms with Crippen molar-refractivity contribution < 1.29 is 32.2 Å². The second-order valence-electron chi connectivity index (χ2n) is 5.01. The van der Waals surface area contributed by atoms with Crippen LogP contribution < -0.4 is 10.1 Å². The van der Waals surface area contributed by atoms with Gasteiger partial charge < -0.3 is 9.47 Å². The van der Waals surface area contributed by atoms with Gasteiger partial charge in [0.05, 0.1) is 13.7 Å². The van der Waals surface area contributed by atoms with E-state index in [9.17, 15) is 22.8 Å². The molecule has 0 aliphatic carbocycles. The number of thiazole rings is 1. The van der Waals surface area contributed by atoms with Crippen molar-refractivity contribution in [2.75, 3.05) is 19.0 Å². The summed E-state index contributed by atoms with van der Waals surface area (Å²) < 4.78 is 48.8. The highest BCUT2D eigenvalue weighted by molar-refractivity contribution is 7.17. The van der Waals surface area contributed by atoms with Crippen LogP contribution in [0.15, 0.2) is 30.3 Å². The van der Waals surface area contributed by atoms with Crippen LogP contribution in [-0.2, 0) is 15.7 Å². The largest absolute Gasteiger partial charge is 0.497 e. The maximum absolute atomic E-state index is 13.0. The molecule has 6 nitrogen and oxygen atoms in total. The number of methoxy groups -OCH3 is 1. The second kappa shape index (κ2) is 8.67. The molecule has 144 valence electrons. The van der Waals surface area contributed by atoms with Crippen molar-refractivity contribution in [3.63, 3.8) is 0 Å². The van der Waals surface area contributed by atoms with Gasteiger partial charge in [-0.05, 0) is 30.7 Å². The summed E-state index contributed by atoms with van der Waals surface area (Å²) in [6, 6.07) is 6.84. The van der Waals surface area contributed by atoms with Gasteiger partial charge in [0.2, 0.25) is 5.91 Å². The minimum atomic E-state index is -4.85. The Morgan fingerprint density at radius 2 is 2.07 bits per heavy atom. The highest BCUT2D eigenvalue weighted by atomic mass is 32.1. The maximum atomic E-state index is 13.0. The van der Waals surface area contributed by atoms with E-state index >= 15 is 0 Å². The highest BCUT2D eigenvalue weighted by Gasteiger charge is 2.40. The first-order chi connectivity index (χ1) is 12.7. The number of hydrogen-bond acceptors (Lipinski definition) is 6. The fourth-order valence-electron chi connectivity index (χ4n) is 1.96. The van der Waals surface area contributed by atoms with Crippen molar-refractivity contribution in [2.24, 2.45) is 0 Å². The lowest BCUT2D eigenvalue weighted by molar-refractivity contribution is -0.141. The molecule has 0 saturated heterocycles. The van der Waals surface area contributed by atoms with E-state index in [1.807, 2.05) is 0 Å². The van der Waals surface area contributed by atoms with Gasteiger partial charge in [-0.3, -0.25) is 10.1 Å². The Bertz CT molecular complexity index is 862.